The SMILES string of the molecule is CC1CC(NCCn2ccnn2)CS1. The van der Waals surface area contributed by atoms with E-state index in [2.05, 4.69) is 34.3 Å². The Morgan fingerprint density at radius 2 is 2.57 bits per heavy atom. The second-order valence-corrected chi connectivity index (χ2v) is 5.17. The van der Waals surface area contributed by atoms with Gasteiger partial charge in [0.15, 0.2) is 0 Å². The van der Waals surface area contributed by atoms with E-state index in [4.69, 9.17) is 0 Å². The van der Waals surface area contributed by atoms with Gasteiger partial charge in [0, 0.05) is 29.8 Å². The summed E-state index contributed by atoms with van der Waals surface area (Å²) in [5.41, 5.74) is 0. The summed E-state index contributed by atoms with van der Waals surface area (Å²) in [5, 5.41) is 12.0. The Morgan fingerprint density at radius 1 is 1.64 bits per heavy atom. The number of hydrogen-bond acceptors (Lipinski definition) is 4. The largest absolute Gasteiger partial charge is 0.311 e. The topological polar surface area (TPSA) is 42.7 Å². The number of thioether (sulfide) groups is 1. The molecule has 1 aliphatic rings. The fourth-order valence-electron chi connectivity index (χ4n) is 1.69. The lowest BCUT2D eigenvalue weighted by Gasteiger charge is -2.10. The highest BCUT2D eigenvalue weighted by Crippen LogP contribution is 2.25. The van der Waals surface area contributed by atoms with E-state index in [1.807, 2.05) is 10.9 Å². The minimum absolute atomic E-state index is 0.693. The predicted octanol–water partition coefficient (Wildman–Crippen LogP) is 0.762. The Hall–Kier alpha value is -0.550. The molecule has 2 unspecified atom stereocenters. The van der Waals surface area contributed by atoms with Gasteiger partial charge in [0.2, 0.25) is 0 Å². The first-order valence-electron chi connectivity index (χ1n) is 5.03. The van der Waals surface area contributed by atoms with E-state index in [-0.39, 0.29) is 0 Å². The van der Waals surface area contributed by atoms with Gasteiger partial charge in [-0.15, -0.1) is 5.10 Å². The molecule has 2 rings (SSSR count). The van der Waals surface area contributed by atoms with Gasteiger partial charge in [0.1, 0.15) is 0 Å². The number of hydrogen-bond donors (Lipinski definition) is 1. The van der Waals surface area contributed by atoms with Gasteiger partial charge in [-0.25, -0.2) is 0 Å². The predicted molar refractivity (Wildman–Crippen MR) is 58.3 cm³/mol. The zero-order valence-corrected chi connectivity index (χ0v) is 9.20. The fraction of sp³-hybridized carbons (Fsp3) is 0.778. The quantitative estimate of drug-likeness (QED) is 0.800. The maximum atomic E-state index is 3.92. The number of nitrogens with zero attached hydrogens (tertiary/aromatic N) is 3. The molecule has 1 N–H and O–H groups in total. The molecule has 1 saturated heterocycles. The van der Waals surface area contributed by atoms with E-state index < -0.39 is 0 Å². The summed E-state index contributed by atoms with van der Waals surface area (Å²) >= 11 is 2.06. The van der Waals surface area contributed by atoms with Crippen molar-refractivity contribution in [3.05, 3.63) is 12.4 Å². The lowest BCUT2D eigenvalue weighted by molar-refractivity contribution is 0.484. The Balaban J connectivity index is 1.64. The van der Waals surface area contributed by atoms with Crippen LogP contribution >= 0.6 is 11.8 Å². The van der Waals surface area contributed by atoms with Crippen molar-refractivity contribution in [1.29, 1.82) is 0 Å². The van der Waals surface area contributed by atoms with E-state index in [1.54, 1.807) is 6.20 Å². The first kappa shape index (κ1) is 9.98. The van der Waals surface area contributed by atoms with Crippen LogP contribution in [0.1, 0.15) is 13.3 Å². The van der Waals surface area contributed by atoms with Crippen LogP contribution in [0.2, 0.25) is 0 Å². The third-order valence-corrected chi connectivity index (χ3v) is 3.80. The second kappa shape index (κ2) is 4.79. The summed E-state index contributed by atoms with van der Waals surface area (Å²) in [7, 11) is 0. The smallest absolute Gasteiger partial charge is 0.0692 e. The van der Waals surface area contributed by atoms with Gasteiger partial charge in [-0.3, -0.25) is 4.68 Å². The molecule has 2 atom stereocenters. The Kier molecular flexibility index (Phi) is 3.42. The fourth-order valence-corrected chi connectivity index (χ4v) is 2.88. The van der Waals surface area contributed by atoms with Crippen LogP contribution in [0, 0.1) is 0 Å². The van der Waals surface area contributed by atoms with Crippen LogP contribution in [0.5, 0.6) is 0 Å². The molecule has 1 aliphatic heterocycles. The van der Waals surface area contributed by atoms with E-state index >= 15 is 0 Å². The van der Waals surface area contributed by atoms with Crippen molar-refractivity contribution in [2.24, 2.45) is 0 Å². The highest BCUT2D eigenvalue weighted by Gasteiger charge is 2.20. The molecule has 0 spiro atoms. The van der Waals surface area contributed by atoms with Crippen LogP contribution in [0.4, 0.5) is 0 Å². The minimum Gasteiger partial charge on any atom is -0.311 e. The summed E-state index contributed by atoms with van der Waals surface area (Å²) in [6, 6.07) is 0.693. The molecule has 4 nitrogen and oxygen atoms in total. The van der Waals surface area contributed by atoms with Crippen LogP contribution in [-0.2, 0) is 6.54 Å². The molecule has 1 aromatic rings. The van der Waals surface area contributed by atoms with Crippen molar-refractivity contribution in [3.63, 3.8) is 0 Å². The van der Waals surface area contributed by atoms with E-state index in [9.17, 15) is 0 Å². The zero-order valence-electron chi connectivity index (χ0n) is 8.39. The Labute approximate surface area is 88.4 Å². The first-order valence-corrected chi connectivity index (χ1v) is 6.08. The summed E-state index contributed by atoms with van der Waals surface area (Å²) in [6.45, 7) is 4.20. The molecule has 2 heterocycles. The van der Waals surface area contributed by atoms with Crippen LogP contribution in [0.25, 0.3) is 0 Å². The van der Waals surface area contributed by atoms with Gasteiger partial charge in [-0.1, -0.05) is 12.1 Å². The molecule has 0 radical (unpaired) electrons. The van der Waals surface area contributed by atoms with E-state index in [0.717, 1.165) is 18.3 Å². The van der Waals surface area contributed by atoms with Gasteiger partial charge >= 0.3 is 0 Å². The Morgan fingerprint density at radius 3 is 3.21 bits per heavy atom. The van der Waals surface area contributed by atoms with Crippen LogP contribution in [0.15, 0.2) is 12.4 Å². The minimum atomic E-state index is 0.693. The number of aromatic nitrogens is 3. The molecular formula is C9H16N4S. The molecule has 0 bridgehead atoms. The molecule has 78 valence electrons. The van der Waals surface area contributed by atoms with Gasteiger partial charge in [0.25, 0.3) is 0 Å². The maximum absolute atomic E-state index is 3.92. The van der Waals surface area contributed by atoms with Crippen LogP contribution in [0.3, 0.4) is 0 Å². The standard InChI is InChI=1S/C9H16N4S/c1-8-6-9(7-14-8)10-2-4-13-5-3-11-12-13/h3,5,8-10H,2,4,6-7H2,1H3. The zero-order chi connectivity index (χ0) is 9.80. The summed E-state index contributed by atoms with van der Waals surface area (Å²) in [6.07, 6.45) is 4.91. The van der Waals surface area contributed by atoms with Crippen molar-refractivity contribution < 1.29 is 0 Å². The highest BCUT2D eigenvalue weighted by molar-refractivity contribution is 8.00. The average molecular weight is 212 g/mol. The van der Waals surface area contributed by atoms with Gasteiger partial charge < -0.3 is 5.32 Å². The molecular weight excluding hydrogens is 196 g/mol. The molecule has 1 aromatic heterocycles. The summed E-state index contributed by atoms with van der Waals surface area (Å²) in [4.78, 5) is 0. The van der Waals surface area contributed by atoms with E-state index in [0.29, 0.717) is 6.04 Å². The lowest BCUT2D eigenvalue weighted by atomic mass is 10.2. The van der Waals surface area contributed by atoms with Gasteiger partial charge in [-0.05, 0) is 6.42 Å². The third-order valence-electron chi connectivity index (χ3n) is 2.44. The highest BCUT2D eigenvalue weighted by atomic mass is 32.2. The number of rotatable bonds is 4. The molecule has 0 saturated carbocycles. The number of nitrogens with one attached hydrogen (secondary N) is 1. The molecule has 0 aromatic carbocycles. The van der Waals surface area contributed by atoms with E-state index in [1.165, 1.54) is 12.2 Å². The van der Waals surface area contributed by atoms with Crippen molar-refractivity contribution >= 4 is 11.8 Å². The monoisotopic (exact) mass is 212 g/mol. The maximum Gasteiger partial charge on any atom is 0.0692 e. The molecule has 1 fully saturated rings. The van der Waals surface area contributed by atoms with Crippen molar-refractivity contribution in [2.45, 2.75) is 31.2 Å². The second-order valence-electron chi connectivity index (χ2n) is 3.70. The molecule has 14 heavy (non-hydrogen) atoms. The molecule has 0 amide bonds. The summed E-state index contributed by atoms with van der Waals surface area (Å²) < 4.78 is 1.86. The van der Waals surface area contributed by atoms with Crippen molar-refractivity contribution in [1.82, 2.24) is 20.3 Å². The third kappa shape index (κ3) is 2.72. The Bertz CT molecular complexity index is 262. The van der Waals surface area contributed by atoms with Gasteiger partial charge in [-0.2, -0.15) is 11.8 Å². The van der Waals surface area contributed by atoms with Crippen molar-refractivity contribution in [2.75, 3.05) is 12.3 Å². The normalized spacial score (nSPS) is 26.9. The van der Waals surface area contributed by atoms with Crippen molar-refractivity contribution in [3.8, 4) is 0 Å². The lowest BCUT2D eigenvalue weighted by Crippen LogP contribution is -2.32. The van der Waals surface area contributed by atoms with Crippen LogP contribution in [-0.4, -0.2) is 38.6 Å². The van der Waals surface area contributed by atoms with Gasteiger partial charge in [0.05, 0.1) is 12.7 Å². The average Bonchev–Trinajstić information content (AvgIpc) is 2.77. The first-order chi connectivity index (χ1) is 6.84. The van der Waals surface area contributed by atoms with Crippen LogP contribution < -0.4 is 5.32 Å². The molecule has 0 aliphatic carbocycles. The summed E-state index contributed by atoms with van der Waals surface area (Å²) in [5.74, 6) is 1.25. The molecule has 5 heteroatoms.